The Bertz CT molecular complexity index is 656. The molecule has 2 aliphatic heterocycles. The number of piperidine rings is 1. The largest absolute Gasteiger partial charge is 0.341 e. The number of hydrogen-bond donors (Lipinski definition) is 0. The van der Waals surface area contributed by atoms with Crippen molar-refractivity contribution >= 4 is 15.9 Å². The second-order valence-corrected chi connectivity index (χ2v) is 8.44. The highest BCUT2D eigenvalue weighted by molar-refractivity contribution is 7.89. The van der Waals surface area contributed by atoms with Gasteiger partial charge in [0.1, 0.15) is 6.54 Å². The van der Waals surface area contributed by atoms with Crippen molar-refractivity contribution < 1.29 is 13.2 Å². The highest BCUT2D eigenvalue weighted by Crippen LogP contribution is 2.20. The van der Waals surface area contributed by atoms with Crippen LogP contribution >= 0.6 is 0 Å². The second kappa shape index (κ2) is 6.60. The number of imidazole rings is 1. The van der Waals surface area contributed by atoms with Crippen LogP contribution in [0.5, 0.6) is 0 Å². The smallest absolute Gasteiger partial charge is 0.262 e. The van der Waals surface area contributed by atoms with Crippen LogP contribution in [0, 0.1) is 5.92 Å². The van der Waals surface area contributed by atoms with Crippen molar-refractivity contribution in [1.29, 1.82) is 0 Å². The number of aromatic nitrogens is 2. The molecule has 3 heterocycles. The van der Waals surface area contributed by atoms with Crippen molar-refractivity contribution in [2.75, 3.05) is 26.2 Å². The van der Waals surface area contributed by atoms with Crippen molar-refractivity contribution in [3.63, 3.8) is 0 Å². The number of likely N-dealkylation sites (tertiary alicyclic amines) is 1. The number of amides is 1. The van der Waals surface area contributed by atoms with Crippen LogP contribution in [-0.2, 0) is 21.4 Å². The maximum Gasteiger partial charge on any atom is 0.262 e. The molecule has 0 unspecified atom stereocenters. The molecule has 3 rings (SSSR count). The first-order valence-corrected chi connectivity index (χ1v) is 9.70. The molecule has 0 atom stereocenters. The van der Waals surface area contributed by atoms with Gasteiger partial charge in [0.2, 0.25) is 5.91 Å². The summed E-state index contributed by atoms with van der Waals surface area (Å²) in [6.07, 6.45) is 6.76. The Morgan fingerprint density at radius 3 is 2.52 bits per heavy atom. The summed E-state index contributed by atoms with van der Waals surface area (Å²) < 4.78 is 27.9. The van der Waals surface area contributed by atoms with Crippen LogP contribution in [0.3, 0.4) is 0 Å². The van der Waals surface area contributed by atoms with Crippen LogP contribution < -0.4 is 0 Å². The zero-order valence-corrected chi connectivity index (χ0v) is 14.3. The molecule has 0 radical (unpaired) electrons. The number of carbonyl (C=O) groups excluding carboxylic acids is 1. The fraction of sp³-hybridized carbons (Fsp3) is 0.733. The summed E-state index contributed by atoms with van der Waals surface area (Å²) in [6.45, 7) is 5.03. The maximum absolute atomic E-state index is 12.4. The van der Waals surface area contributed by atoms with Gasteiger partial charge in [-0.25, -0.2) is 13.4 Å². The van der Waals surface area contributed by atoms with E-state index in [-0.39, 0.29) is 17.5 Å². The molecule has 2 fully saturated rings. The van der Waals surface area contributed by atoms with Crippen molar-refractivity contribution in [3.8, 4) is 0 Å². The molecule has 1 aromatic rings. The van der Waals surface area contributed by atoms with Gasteiger partial charge in [-0.3, -0.25) is 4.79 Å². The van der Waals surface area contributed by atoms with Crippen LogP contribution in [0.1, 0.15) is 32.6 Å². The molecule has 0 aromatic carbocycles. The van der Waals surface area contributed by atoms with Crippen LogP contribution in [0.4, 0.5) is 0 Å². The average Bonchev–Trinajstić information content (AvgIpc) is 3.19. The fourth-order valence-corrected chi connectivity index (χ4v) is 4.59. The number of sulfonamides is 1. The van der Waals surface area contributed by atoms with Gasteiger partial charge in [0.25, 0.3) is 10.0 Å². The van der Waals surface area contributed by atoms with Crippen LogP contribution in [0.15, 0.2) is 17.6 Å². The van der Waals surface area contributed by atoms with Crippen molar-refractivity contribution in [2.24, 2.45) is 5.92 Å². The molecular formula is C15H24N4O3S. The summed E-state index contributed by atoms with van der Waals surface area (Å²) in [7, 11) is -3.51. The lowest BCUT2D eigenvalue weighted by molar-refractivity contribution is -0.133. The Labute approximate surface area is 137 Å². The van der Waals surface area contributed by atoms with Gasteiger partial charge < -0.3 is 9.47 Å². The molecule has 2 saturated heterocycles. The minimum absolute atomic E-state index is 0.0272. The molecule has 7 nitrogen and oxygen atoms in total. The molecule has 1 aromatic heterocycles. The van der Waals surface area contributed by atoms with E-state index in [1.807, 2.05) is 4.90 Å². The van der Waals surface area contributed by atoms with Crippen molar-refractivity contribution in [1.82, 2.24) is 18.8 Å². The van der Waals surface area contributed by atoms with Gasteiger partial charge in [0.05, 0.1) is 6.33 Å². The van der Waals surface area contributed by atoms with Gasteiger partial charge in [0.15, 0.2) is 5.03 Å². The van der Waals surface area contributed by atoms with Gasteiger partial charge in [-0.2, -0.15) is 4.31 Å². The Balaban J connectivity index is 1.64. The monoisotopic (exact) mass is 340 g/mol. The van der Waals surface area contributed by atoms with Gasteiger partial charge in [-0.15, -0.1) is 0 Å². The molecule has 0 spiro atoms. The molecule has 128 valence electrons. The summed E-state index contributed by atoms with van der Waals surface area (Å²) in [5, 5.41) is 0.0412. The standard InChI is InChI=1S/C15H24N4O3S/c1-13-4-8-18(9-5-13)15(20)11-17-10-14(16-12-17)23(21,22)19-6-2-3-7-19/h10,12-13H,2-9,11H2,1H3. The molecule has 2 aliphatic rings. The van der Waals surface area contributed by atoms with Gasteiger partial charge in [0, 0.05) is 32.4 Å². The molecule has 0 bridgehead atoms. The Morgan fingerprint density at radius 2 is 1.87 bits per heavy atom. The number of hydrogen-bond acceptors (Lipinski definition) is 4. The molecule has 0 saturated carbocycles. The Hall–Kier alpha value is -1.41. The summed E-state index contributed by atoms with van der Waals surface area (Å²) in [5.74, 6) is 0.698. The van der Waals surface area contributed by atoms with E-state index in [9.17, 15) is 13.2 Å². The summed E-state index contributed by atoms with van der Waals surface area (Å²) >= 11 is 0. The fourth-order valence-electron chi connectivity index (χ4n) is 3.13. The van der Waals surface area contributed by atoms with Crippen LogP contribution in [0.25, 0.3) is 0 Å². The quantitative estimate of drug-likeness (QED) is 0.817. The SMILES string of the molecule is CC1CCN(C(=O)Cn2cnc(S(=O)(=O)N3CCCC3)c2)CC1. The third kappa shape index (κ3) is 3.58. The summed E-state index contributed by atoms with van der Waals surface area (Å²) in [4.78, 5) is 18.2. The van der Waals surface area contributed by atoms with E-state index in [1.165, 1.54) is 16.8 Å². The number of rotatable bonds is 4. The van der Waals surface area contributed by atoms with Crippen molar-refractivity contribution in [2.45, 2.75) is 44.2 Å². The minimum Gasteiger partial charge on any atom is -0.341 e. The lowest BCUT2D eigenvalue weighted by Crippen LogP contribution is -2.39. The van der Waals surface area contributed by atoms with E-state index in [1.54, 1.807) is 4.57 Å². The molecule has 0 N–H and O–H groups in total. The maximum atomic E-state index is 12.4. The Kier molecular flexibility index (Phi) is 4.72. The predicted octanol–water partition coefficient (Wildman–Crippen LogP) is 0.926. The van der Waals surface area contributed by atoms with Crippen LogP contribution in [0.2, 0.25) is 0 Å². The molecule has 0 aliphatic carbocycles. The Morgan fingerprint density at radius 1 is 1.22 bits per heavy atom. The topological polar surface area (TPSA) is 75.5 Å². The summed E-state index contributed by atoms with van der Waals surface area (Å²) in [6, 6.07) is 0. The lowest BCUT2D eigenvalue weighted by atomic mass is 9.99. The van der Waals surface area contributed by atoms with Crippen LogP contribution in [-0.4, -0.2) is 59.3 Å². The molecular weight excluding hydrogens is 316 g/mol. The summed E-state index contributed by atoms with van der Waals surface area (Å²) in [5.41, 5.74) is 0. The lowest BCUT2D eigenvalue weighted by Gasteiger charge is -2.30. The van der Waals surface area contributed by atoms with E-state index in [4.69, 9.17) is 0 Å². The first-order valence-electron chi connectivity index (χ1n) is 8.26. The normalized spacial score (nSPS) is 21.0. The first kappa shape index (κ1) is 16.4. The average molecular weight is 340 g/mol. The van der Waals surface area contributed by atoms with Crippen molar-refractivity contribution in [3.05, 3.63) is 12.5 Å². The molecule has 23 heavy (non-hydrogen) atoms. The minimum atomic E-state index is -3.51. The third-order valence-corrected chi connectivity index (χ3v) is 6.52. The highest BCUT2D eigenvalue weighted by atomic mass is 32.2. The zero-order chi connectivity index (χ0) is 16.4. The van der Waals surface area contributed by atoms with Gasteiger partial charge >= 0.3 is 0 Å². The number of nitrogens with zero attached hydrogens (tertiary/aromatic N) is 4. The predicted molar refractivity (Wildman–Crippen MR) is 85.2 cm³/mol. The highest BCUT2D eigenvalue weighted by Gasteiger charge is 2.29. The first-order chi connectivity index (χ1) is 11.0. The molecule has 1 amide bonds. The van der Waals surface area contributed by atoms with E-state index in [0.29, 0.717) is 19.0 Å². The van der Waals surface area contributed by atoms with E-state index in [2.05, 4.69) is 11.9 Å². The van der Waals surface area contributed by atoms with E-state index >= 15 is 0 Å². The molecule has 8 heteroatoms. The number of carbonyl (C=O) groups is 1. The van der Waals surface area contributed by atoms with Gasteiger partial charge in [-0.1, -0.05) is 6.92 Å². The van der Waals surface area contributed by atoms with E-state index < -0.39 is 10.0 Å². The second-order valence-electron chi connectivity index (χ2n) is 6.56. The van der Waals surface area contributed by atoms with E-state index in [0.717, 1.165) is 38.8 Å². The zero-order valence-electron chi connectivity index (χ0n) is 13.5. The third-order valence-electron chi connectivity index (χ3n) is 4.73. The van der Waals surface area contributed by atoms with Gasteiger partial charge in [-0.05, 0) is 31.6 Å².